The van der Waals surface area contributed by atoms with Gasteiger partial charge in [0.25, 0.3) is 10.1 Å². The second-order valence-electron chi connectivity index (χ2n) is 5.95. The highest BCUT2D eigenvalue weighted by Crippen LogP contribution is 2.11. The first-order valence-corrected chi connectivity index (χ1v) is 10.1. The van der Waals surface area contributed by atoms with Gasteiger partial charge in [0.2, 0.25) is 0 Å². The molecule has 0 spiro atoms. The number of esters is 1. The smallest absolute Gasteiger partial charge is 0.327 e. The summed E-state index contributed by atoms with van der Waals surface area (Å²) in [7, 11) is -4.78. The van der Waals surface area contributed by atoms with Gasteiger partial charge in [-0.2, -0.15) is 8.42 Å². The lowest BCUT2D eigenvalue weighted by atomic mass is 10.1. The van der Waals surface area contributed by atoms with Crippen molar-refractivity contribution < 1.29 is 32.4 Å². The van der Waals surface area contributed by atoms with Crippen molar-refractivity contribution in [2.24, 2.45) is 0 Å². The van der Waals surface area contributed by atoms with E-state index >= 15 is 0 Å². The average molecular weight is 366 g/mol. The van der Waals surface area contributed by atoms with Gasteiger partial charge >= 0.3 is 11.9 Å². The molecule has 0 rings (SSSR count). The lowest BCUT2D eigenvalue weighted by Gasteiger charge is -2.11. The van der Waals surface area contributed by atoms with Crippen LogP contribution in [-0.4, -0.2) is 41.9 Å². The van der Waals surface area contributed by atoms with Crippen LogP contribution in [0.15, 0.2) is 0 Å². The van der Waals surface area contributed by atoms with Crippen LogP contribution in [0.4, 0.5) is 0 Å². The highest BCUT2D eigenvalue weighted by Gasteiger charge is 2.34. The number of unbranched alkanes of at least 4 members (excludes halogenated alkanes) is 9. The minimum Gasteiger partial charge on any atom is -0.481 e. The zero-order valence-corrected chi connectivity index (χ0v) is 15.2. The summed E-state index contributed by atoms with van der Waals surface area (Å²) < 4.78 is 35.6. The molecule has 0 fully saturated rings. The monoisotopic (exact) mass is 366 g/mol. The number of hydrogen-bond acceptors (Lipinski definition) is 5. The van der Waals surface area contributed by atoms with Gasteiger partial charge in [0.15, 0.2) is 5.25 Å². The lowest BCUT2D eigenvalue weighted by Crippen LogP contribution is -2.34. The lowest BCUT2D eigenvalue weighted by molar-refractivity contribution is -0.147. The third-order valence-corrected chi connectivity index (χ3v) is 4.80. The van der Waals surface area contributed by atoms with Gasteiger partial charge < -0.3 is 9.84 Å². The van der Waals surface area contributed by atoms with Crippen LogP contribution >= 0.6 is 0 Å². The molecule has 0 amide bonds. The quantitative estimate of drug-likeness (QED) is 0.259. The van der Waals surface area contributed by atoms with Gasteiger partial charge in [-0.1, -0.05) is 64.7 Å². The van der Waals surface area contributed by atoms with E-state index in [9.17, 15) is 18.0 Å². The van der Waals surface area contributed by atoms with Crippen LogP contribution in [0.5, 0.6) is 0 Å². The summed E-state index contributed by atoms with van der Waals surface area (Å²) in [4.78, 5) is 22.1. The molecule has 0 aliphatic rings. The third-order valence-electron chi connectivity index (χ3n) is 3.72. The Morgan fingerprint density at radius 3 is 1.79 bits per heavy atom. The Bertz CT molecular complexity index is 459. The van der Waals surface area contributed by atoms with Gasteiger partial charge in [0.05, 0.1) is 13.0 Å². The summed E-state index contributed by atoms with van der Waals surface area (Å²) in [6.07, 6.45) is 10.1. The highest BCUT2D eigenvalue weighted by atomic mass is 32.2. The fourth-order valence-corrected chi connectivity index (χ4v) is 2.99. The van der Waals surface area contributed by atoms with Crippen molar-refractivity contribution in [3.63, 3.8) is 0 Å². The van der Waals surface area contributed by atoms with Gasteiger partial charge in [-0.3, -0.25) is 14.1 Å². The molecule has 0 aromatic heterocycles. The molecule has 0 aromatic carbocycles. The predicted octanol–water partition coefficient (Wildman–Crippen LogP) is 3.18. The molecular weight excluding hydrogens is 336 g/mol. The zero-order chi connectivity index (χ0) is 18.4. The second-order valence-corrected chi connectivity index (χ2v) is 7.55. The first kappa shape index (κ1) is 22.9. The van der Waals surface area contributed by atoms with Gasteiger partial charge in [-0.25, -0.2) is 0 Å². The molecule has 0 heterocycles. The van der Waals surface area contributed by atoms with E-state index in [1.54, 1.807) is 0 Å². The van der Waals surface area contributed by atoms with Crippen molar-refractivity contribution in [2.45, 2.75) is 82.8 Å². The summed E-state index contributed by atoms with van der Waals surface area (Å²) in [5.41, 5.74) is 0. The minimum atomic E-state index is -4.78. The minimum absolute atomic E-state index is 0.0287. The van der Waals surface area contributed by atoms with E-state index in [2.05, 4.69) is 6.92 Å². The molecule has 7 nitrogen and oxygen atoms in total. The van der Waals surface area contributed by atoms with Gasteiger partial charge in [-0.05, 0) is 6.42 Å². The Morgan fingerprint density at radius 2 is 1.38 bits per heavy atom. The maximum atomic E-state index is 11.6. The van der Waals surface area contributed by atoms with Crippen molar-refractivity contribution in [3.05, 3.63) is 0 Å². The van der Waals surface area contributed by atoms with Gasteiger partial charge in [0.1, 0.15) is 0 Å². The van der Waals surface area contributed by atoms with Crippen molar-refractivity contribution in [1.29, 1.82) is 0 Å². The molecule has 1 atom stereocenters. The second kappa shape index (κ2) is 13.2. The number of carbonyl (C=O) groups excluding carboxylic acids is 1. The van der Waals surface area contributed by atoms with E-state index in [-0.39, 0.29) is 6.61 Å². The number of aliphatic carboxylic acids is 1. The molecule has 0 radical (unpaired) electrons. The number of carboxylic acids is 1. The van der Waals surface area contributed by atoms with Crippen LogP contribution in [0.2, 0.25) is 0 Å². The number of rotatable bonds is 15. The van der Waals surface area contributed by atoms with E-state index in [4.69, 9.17) is 14.4 Å². The third kappa shape index (κ3) is 12.3. The van der Waals surface area contributed by atoms with E-state index in [0.29, 0.717) is 6.42 Å². The molecule has 24 heavy (non-hydrogen) atoms. The predicted molar refractivity (Wildman–Crippen MR) is 90.4 cm³/mol. The Labute approximate surface area is 144 Å². The SMILES string of the molecule is CCCCCCCCCCCCOC(=O)[C@@H](CC(=O)O)S(=O)(=O)O. The standard InChI is InChI=1S/C16H30O7S/c1-2-3-4-5-6-7-8-9-10-11-12-23-16(19)14(13-15(17)18)24(20,21)22/h14H,2-13H2,1H3,(H,17,18)(H,20,21,22)/t14-/m1/s1. The van der Waals surface area contributed by atoms with E-state index in [1.807, 2.05) is 0 Å². The topological polar surface area (TPSA) is 118 Å². The van der Waals surface area contributed by atoms with Crippen molar-refractivity contribution in [1.82, 2.24) is 0 Å². The average Bonchev–Trinajstić information content (AvgIpc) is 2.48. The Morgan fingerprint density at radius 1 is 0.917 bits per heavy atom. The van der Waals surface area contributed by atoms with E-state index in [1.165, 1.54) is 38.5 Å². The molecule has 2 N–H and O–H groups in total. The fourth-order valence-electron chi connectivity index (χ4n) is 2.32. The van der Waals surface area contributed by atoms with Crippen molar-refractivity contribution in [3.8, 4) is 0 Å². The van der Waals surface area contributed by atoms with Crippen molar-refractivity contribution in [2.75, 3.05) is 6.61 Å². The summed E-state index contributed by atoms with van der Waals surface area (Å²) in [6, 6.07) is 0. The number of ether oxygens (including phenoxy) is 1. The Hall–Kier alpha value is -1.15. The summed E-state index contributed by atoms with van der Waals surface area (Å²) in [5, 5.41) is 6.52. The molecule has 0 aliphatic carbocycles. The normalized spacial score (nSPS) is 12.8. The fraction of sp³-hybridized carbons (Fsp3) is 0.875. The molecule has 0 bridgehead atoms. The van der Waals surface area contributed by atoms with Gasteiger partial charge in [0, 0.05) is 0 Å². The highest BCUT2D eigenvalue weighted by molar-refractivity contribution is 7.87. The van der Waals surface area contributed by atoms with Crippen LogP contribution < -0.4 is 0 Å². The number of carboxylic acid groups (broad SMARTS) is 1. The molecule has 0 saturated heterocycles. The maximum absolute atomic E-state index is 11.6. The molecule has 142 valence electrons. The Balaban J connectivity index is 3.75. The summed E-state index contributed by atoms with van der Waals surface area (Å²) in [5.74, 6) is -2.70. The summed E-state index contributed by atoms with van der Waals surface area (Å²) >= 11 is 0. The maximum Gasteiger partial charge on any atom is 0.327 e. The molecule has 0 aliphatic heterocycles. The first-order valence-electron chi connectivity index (χ1n) is 8.63. The van der Waals surface area contributed by atoms with Crippen LogP contribution in [0.1, 0.15) is 77.6 Å². The van der Waals surface area contributed by atoms with E-state index in [0.717, 1.165) is 19.3 Å². The van der Waals surface area contributed by atoms with Gasteiger partial charge in [-0.15, -0.1) is 0 Å². The van der Waals surface area contributed by atoms with Crippen LogP contribution in [0.3, 0.4) is 0 Å². The molecule has 0 unspecified atom stereocenters. The van der Waals surface area contributed by atoms with Crippen molar-refractivity contribution >= 4 is 22.1 Å². The van der Waals surface area contributed by atoms with Crippen LogP contribution in [0.25, 0.3) is 0 Å². The number of hydrogen-bond donors (Lipinski definition) is 2. The zero-order valence-electron chi connectivity index (χ0n) is 14.4. The Kier molecular flexibility index (Phi) is 12.5. The molecular formula is C16H30O7S. The largest absolute Gasteiger partial charge is 0.481 e. The molecule has 8 heteroatoms. The van der Waals surface area contributed by atoms with Crippen LogP contribution in [0, 0.1) is 0 Å². The summed E-state index contributed by atoms with van der Waals surface area (Å²) in [6.45, 7) is 2.22. The van der Waals surface area contributed by atoms with Crippen LogP contribution in [-0.2, 0) is 24.4 Å². The molecule has 0 aromatic rings. The first-order chi connectivity index (χ1) is 11.3. The number of carbonyl (C=O) groups is 2. The van der Waals surface area contributed by atoms with E-state index < -0.39 is 33.7 Å². The molecule has 0 saturated carbocycles.